The van der Waals surface area contributed by atoms with E-state index >= 15 is 0 Å². The number of carbonyl (C=O) groups excluding carboxylic acids is 1. The number of nitrogens with one attached hydrogen (secondary N) is 2. The van der Waals surface area contributed by atoms with Crippen LogP contribution in [0, 0.1) is 0 Å². The van der Waals surface area contributed by atoms with Crippen molar-refractivity contribution in [3.05, 3.63) is 60.4 Å². The normalized spacial score (nSPS) is 10.2. The third-order valence-electron chi connectivity index (χ3n) is 3.17. The number of anilines is 1. The number of rotatable bonds is 4. The molecule has 0 aliphatic heterocycles. The van der Waals surface area contributed by atoms with E-state index < -0.39 is 0 Å². The van der Waals surface area contributed by atoms with Crippen LogP contribution in [0.25, 0.3) is 11.3 Å². The fourth-order valence-electron chi connectivity index (χ4n) is 2.09. The molecule has 6 heteroatoms. The van der Waals surface area contributed by atoms with Crippen molar-refractivity contribution < 1.29 is 9.53 Å². The molecule has 22 heavy (non-hydrogen) atoms. The molecule has 0 unspecified atom stereocenters. The van der Waals surface area contributed by atoms with Crippen molar-refractivity contribution >= 4 is 11.6 Å². The number of aromatic nitrogens is 3. The molecule has 1 amide bonds. The first kappa shape index (κ1) is 13.8. The van der Waals surface area contributed by atoms with Crippen molar-refractivity contribution in [2.45, 2.75) is 0 Å². The first-order chi connectivity index (χ1) is 10.8. The number of para-hydroxylation sites is 1. The van der Waals surface area contributed by atoms with Crippen molar-refractivity contribution in [3.63, 3.8) is 0 Å². The van der Waals surface area contributed by atoms with Gasteiger partial charge in [-0.15, -0.1) is 0 Å². The molecule has 0 aliphatic carbocycles. The lowest BCUT2D eigenvalue weighted by atomic mass is 10.1. The molecule has 0 radical (unpaired) electrons. The predicted molar refractivity (Wildman–Crippen MR) is 82.8 cm³/mol. The maximum Gasteiger partial charge on any atom is 0.255 e. The zero-order valence-corrected chi connectivity index (χ0v) is 11.9. The van der Waals surface area contributed by atoms with Crippen molar-refractivity contribution in [1.82, 2.24) is 15.2 Å². The van der Waals surface area contributed by atoms with Crippen LogP contribution < -0.4 is 10.1 Å². The average Bonchev–Trinajstić information content (AvgIpc) is 3.09. The average molecular weight is 294 g/mol. The fourth-order valence-corrected chi connectivity index (χ4v) is 2.09. The highest BCUT2D eigenvalue weighted by atomic mass is 16.5. The molecule has 3 aromatic rings. The Balaban J connectivity index is 1.88. The maximum absolute atomic E-state index is 12.4. The molecule has 2 aromatic heterocycles. The Labute approximate surface area is 127 Å². The van der Waals surface area contributed by atoms with Crippen molar-refractivity contribution in [2.24, 2.45) is 0 Å². The Morgan fingerprint density at radius 3 is 2.82 bits per heavy atom. The lowest BCUT2D eigenvalue weighted by molar-refractivity contribution is 0.102. The number of benzene rings is 1. The quantitative estimate of drug-likeness (QED) is 0.775. The van der Waals surface area contributed by atoms with Crippen molar-refractivity contribution in [2.75, 3.05) is 12.4 Å². The summed E-state index contributed by atoms with van der Waals surface area (Å²) >= 11 is 0. The van der Waals surface area contributed by atoms with E-state index in [0.717, 1.165) is 11.3 Å². The van der Waals surface area contributed by atoms with E-state index in [0.29, 0.717) is 17.1 Å². The third-order valence-corrected chi connectivity index (χ3v) is 3.17. The predicted octanol–water partition coefficient (Wildman–Crippen LogP) is 2.73. The van der Waals surface area contributed by atoms with Crippen molar-refractivity contribution in [1.29, 1.82) is 0 Å². The van der Waals surface area contributed by atoms with Gasteiger partial charge in [0.15, 0.2) is 0 Å². The topological polar surface area (TPSA) is 79.9 Å². The summed E-state index contributed by atoms with van der Waals surface area (Å²) in [4.78, 5) is 16.4. The summed E-state index contributed by atoms with van der Waals surface area (Å²) in [7, 11) is 1.51. The van der Waals surface area contributed by atoms with E-state index in [-0.39, 0.29) is 5.91 Å². The summed E-state index contributed by atoms with van der Waals surface area (Å²) in [6, 6.07) is 12.6. The van der Waals surface area contributed by atoms with E-state index in [4.69, 9.17) is 4.74 Å². The minimum Gasteiger partial charge on any atom is -0.481 e. The first-order valence-corrected chi connectivity index (χ1v) is 6.68. The van der Waals surface area contributed by atoms with E-state index in [1.807, 2.05) is 30.3 Å². The minimum absolute atomic E-state index is 0.229. The number of methoxy groups -OCH3 is 1. The molecule has 0 atom stereocenters. The minimum atomic E-state index is -0.229. The zero-order valence-electron chi connectivity index (χ0n) is 11.9. The van der Waals surface area contributed by atoms with Crippen LogP contribution in [0.3, 0.4) is 0 Å². The Morgan fingerprint density at radius 2 is 2.05 bits per heavy atom. The molecule has 0 fully saturated rings. The van der Waals surface area contributed by atoms with Gasteiger partial charge in [-0.3, -0.25) is 9.89 Å². The highest BCUT2D eigenvalue weighted by Crippen LogP contribution is 2.26. The number of amides is 1. The maximum atomic E-state index is 12.4. The van der Waals surface area contributed by atoms with Crippen LogP contribution in [-0.4, -0.2) is 28.2 Å². The number of carbonyl (C=O) groups is 1. The highest BCUT2D eigenvalue weighted by Gasteiger charge is 2.11. The zero-order chi connectivity index (χ0) is 15.4. The van der Waals surface area contributed by atoms with E-state index in [2.05, 4.69) is 20.5 Å². The van der Waals surface area contributed by atoms with Gasteiger partial charge in [0.2, 0.25) is 5.88 Å². The van der Waals surface area contributed by atoms with Crippen LogP contribution in [-0.2, 0) is 0 Å². The van der Waals surface area contributed by atoms with Gasteiger partial charge in [0.25, 0.3) is 5.91 Å². The molecule has 0 saturated heterocycles. The van der Waals surface area contributed by atoms with Gasteiger partial charge in [-0.25, -0.2) is 4.98 Å². The molecular weight excluding hydrogens is 280 g/mol. The summed E-state index contributed by atoms with van der Waals surface area (Å²) < 4.78 is 5.03. The van der Waals surface area contributed by atoms with E-state index in [1.54, 1.807) is 18.3 Å². The van der Waals surface area contributed by atoms with Gasteiger partial charge in [-0.2, -0.15) is 5.10 Å². The van der Waals surface area contributed by atoms with Gasteiger partial charge < -0.3 is 10.1 Å². The number of pyridine rings is 1. The Kier molecular flexibility index (Phi) is 3.82. The summed E-state index contributed by atoms with van der Waals surface area (Å²) in [6.07, 6.45) is 3.20. The monoisotopic (exact) mass is 294 g/mol. The molecular formula is C16H14N4O2. The largest absolute Gasteiger partial charge is 0.481 e. The van der Waals surface area contributed by atoms with Crippen LogP contribution in [0.2, 0.25) is 0 Å². The van der Waals surface area contributed by atoms with Crippen LogP contribution >= 0.6 is 0 Å². The standard InChI is InChI=1S/C16H14N4O2/c1-22-15-10-11(6-8-17-15)16(21)19-13-5-3-2-4-12(13)14-7-9-18-20-14/h2-10H,1H3,(H,18,20)(H,19,21). The highest BCUT2D eigenvalue weighted by molar-refractivity contribution is 6.06. The van der Waals surface area contributed by atoms with Gasteiger partial charge in [0, 0.05) is 29.6 Å². The van der Waals surface area contributed by atoms with E-state index in [1.165, 1.54) is 13.3 Å². The van der Waals surface area contributed by atoms with Crippen LogP contribution in [0.5, 0.6) is 5.88 Å². The number of hydrogen-bond acceptors (Lipinski definition) is 4. The molecule has 0 aliphatic rings. The van der Waals surface area contributed by atoms with Gasteiger partial charge in [0.05, 0.1) is 18.5 Å². The fraction of sp³-hybridized carbons (Fsp3) is 0.0625. The first-order valence-electron chi connectivity index (χ1n) is 6.68. The summed E-state index contributed by atoms with van der Waals surface area (Å²) in [5.74, 6) is 0.169. The molecule has 2 heterocycles. The van der Waals surface area contributed by atoms with E-state index in [9.17, 15) is 4.79 Å². The van der Waals surface area contributed by atoms with Gasteiger partial charge in [-0.05, 0) is 18.2 Å². The van der Waals surface area contributed by atoms with Gasteiger partial charge in [0.1, 0.15) is 0 Å². The lowest BCUT2D eigenvalue weighted by Crippen LogP contribution is -2.13. The summed E-state index contributed by atoms with van der Waals surface area (Å²) in [6.45, 7) is 0. The number of hydrogen-bond donors (Lipinski definition) is 2. The molecule has 3 rings (SSSR count). The van der Waals surface area contributed by atoms with Gasteiger partial charge >= 0.3 is 0 Å². The molecule has 0 spiro atoms. The number of ether oxygens (including phenoxy) is 1. The second kappa shape index (κ2) is 6.09. The number of H-pyrrole nitrogens is 1. The Hall–Kier alpha value is -3.15. The number of nitrogens with zero attached hydrogens (tertiary/aromatic N) is 2. The second-order valence-corrected chi connectivity index (χ2v) is 4.56. The Bertz CT molecular complexity index is 784. The summed E-state index contributed by atoms with van der Waals surface area (Å²) in [5, 5.41) is 9.73. The van der Waals surface area contributed by atoms with Gasteiger partial charge in [-0.1, -0.05) is 18.2 Å². The molecule has 0 bridgehead atoms. The lowest BCUT2D eigenvalue weighted by Gasteiger charge is -2.10. The van der Waals surface area contributed by atoms with Crippen LogP contribution in [0.15, 0.2) is 54.9 Å². The van der Waals surface area contributed by atoms with Crippen LogP contribution in [0.1, 0.15) is 10.4 Å². The molecule has 1 aromatic carbocycles. The smallest absolute Gasteiger partial charge is 0.255 e. The number of aromatic amines is 1. The molecule has 2 N–H and O–H groups in total. The third kappa shape index (κ3) is 2.80. The SMILES string of the molecule is COc1cc(C(=O)Nc2ccccc2-c2ccn[nH]2)ccn1. The Morgan fingerprint density at radius 1 is 1.18 bits per heavy atom. The second-order valence-electron chi connectivity index (χ2n) is 4.56. The molecule has 6 nitrogen and oxygen atoms in total. The molecule has 0 saturated carbocycles. The summed E-state index contributed by atoms with van der Waals surface area (Å²) in [5.41, 5.74) is 2.89. The van der Waals surface area contributed by atoms with Crippen LogP contribution in [0.4, 0.5) is 5.69 Å². The van der Waals surface area contributed by atoms with Crippen molar-refractivity contribution in [3.8, 4) is 17.1 Å². The molecule has 110 valence electrons.